The maximum atomic E-state index is 5.78. The molecule has 1 saturated heterocycles. The maximum absolute atomic E-state index is 5.78. The maximum Gasteiger partial charge on any atom is 0.191 e. The van der Waals surface area contributed by atoms with Crippen molar-refractivity contribution in [2.24, 2.45) is 4.99 Å². The van der Waals surface area contributed by atoms with Crippen LogP contribution in [0, 0.1) is 6.92 Å². The zero-order valence-electron chi connectivity index (χ0n) is 16.6. The van der Waals surface area contributed by atoms with Crippen molar-refractivity contribution in [3.8, 4) is 5.69 Å². The number of ether oxygens (including phenoxy) is 2. The van der Waals surface area contributed by atoms with E-state index < -0.39 is 0 Å². The SMILES string of the molecule is CN=C(NCCCOC1CCOC1)NCc1ccccc1-n1ccc(C)n1.I. The summed E-state index contributed by atoms with van der Waals surface area (Å²) in [6, 6.07) is 10.2. The number of nitrogens with zero attached hydrogens (tertiary/aromatic N) is 3. The molecule has 0 radical (unpaired) electrons. The molecule has 28 heavy (non-hydrogen) atoms. The lowest BCUT2D eigenvalue weighted by molar-refractivity contribution is 0.0420. The van der Waals surface area contributed by atoms with Crippen LogP contribution in [0.15, 0.2) is 41.5 Å². The predicted octanol–water partition coefficient (Wildman–Crippen LogP) is 2.66. The largest absolute Gasteiger partial charge is 0.379 e. The van der Waals surface area contributed by atoms with E-state index in [1.807, 2.05) is 36.0 Å². The molecule has 3 rings (SSSR count). The Morgan fingerprint density at radius 1 is 1.32 bits per heavy atom. The monoisotopic (exact) mass is 499 g/mol. The van der Waals surface area contributed by atoms with Gasteiger partial charge in [-0.1, -0.05) is 18.2 Å². The van der Waals surface area contributed by atoms with Crippen LogP contribution in [-0.2, 0) is 16.0 Å². The average molecular weight is 499 g/mol. The molecule has 0 aliphatic carbocycles. The Labute approximate surface area is 183 Å². The molecule has 1 aliphatic rings. The van der Waals surface area contributed by atoms with Crippen LogP contribution < -0.4 is 10.6 Å². The average Bonchev–Trinajstić information content (AvgIpc) is 3.36. The Hall–Kier alpha value is -1.65. The molecular formula is C20H30IN5O2. The van der Waals surface area contributed by atoms with Crippen LogP contribution in [-0.4, -0.2) is 55.3 Å². The first kappa shape index (κ1) is 22.6. The highest BCUT2D eigenvalue weighted by atomic mass is 127. The summed E-state index contributed by atoms with van der Waals surface area (Å²) in [6.45, 7) is 5.76. The zero-order valence-corrected chi connectivity index (χ0v) is 18.9. The van der Waals surface area contributed by atoms with Gasteiger partial charge in [0.05, 0.1) is 24.1 Å². The fourth-order valence-corrected chi connectivity index (χ4v) is 3.01. The Kier molecular flexibility index (Phi) is 9.72. The number of hydrogen-bond donors (Lipinski definition) is 2. The molecule has 1 aliphatic heterocycles. The van der Waals surface area contributed by atoms with Gasteiger partial charge in [-0.2, -0.15) is 5.10 Å². The van der Waals surface area contributed by atoms with Crippen LogP contribution in [0.25, 0.3) is 5.69 Å². The molecule has 0 spiro atoms. The summed E-state index contributed by atoms with van der Waals surface area (Å²) in [7, 11) is 1.78. The second-order valence-corrected chi connectivity index (χ2v) is 6.59. The fourth-order valence-electron chi connectivity index (χ4n) is 3.01. The van der Waals surface area contributed by atoms with E-state index in [2.05, 4.69) is 32.9 Å². The van der Waals surface area contributed by atoms with E-state index in [1.165, 1.54) is 0 Å². The summed E-state index contributed by atoms with van der Waals surface area (Å²) < 4.78 is 13.0. The van der Waals surface area contributed by atoms with Crippen LogP contribution in [0.1, 0.15) is 24.1 Å². The van der Waals surface area contributed by atoms with Crippen LogP contribution in [0.3, 0.4) is 0 Å². The third-order valence-corrected chi connectivity index (χ3v) is 4.49. The first-order valence-electron chi connectivity index (χ1n) is 9.50. The number of halogens is 1. The number of aliphatic imine (C=N–C) groups is 1. The standard InChI is InChI=1S/C20H29N5O2.HI/c1-16-8-11-25(24-16)19-7-4-3-6-17(19)14-23-20(21-2)22-10-5-12-27-18-9-13-26-15-18;/h3-4,6-8,11,18H,5,9-10,12-15H2,1-2H3,(H2,21,22,23);1H. The minimum absolute atomic E-state index is 0. The summed E-state index contributed by atoms with van der Waals surface area (Å²) in [5.41, 5.74) is 3.23. The Balaban J connectivity index is 0.00000280. The zero-order chi connectivity index (χ0) is 18.9. The van der Waals surface area contributed by atoms with Gasteiger partial charge in [-0.05, 0) is 37.5 Å². The lowest BCUT2D eigenvalue weighted by Gasteiger charge is -2.15. The quantitative estimate of drug-likeness (QED) is 0.253. The number of hydrogen-bond acceptors (Lipinski definition) is 4. The van der Waals surface area contributed by atoms with Crippen LogP contribution in [0.2, 0.25) is 0 Å². The van der Waals surface area contributed by atoms with E-state index in [4.69, 9.17) is 9.47 Å². The molecule has 2 heterocycles. The molecule has 0 bridgehead atoms. The molecule has 1 unspecified atom stereocenters. The molecule has 154 valence electrons. The molecule has 7 nitrogen and oxygen atoms in total. The van der Waals surface area contributed by atoms with Gasteiger partial charge in [0.1, 0.15) is 0 Å². The van der Waals surface area contributed by atoms with E-state index in [9.17, 15) is 0 Å². The second kappa shape index (κ2) is 12.0. The Bertz CT molecular complexity index is 744. The topological polar surface area (TPSA) is 72.7 Å². The molecule has 0 saturated carbocycles. The van der Waals surface area contributed by atoms with Gasteiger partial charge < -0.3 is 20.1 Å². The summed E-state index contributed by atoms with van der Waals surface area (Å²) in [4.78, 5) is 4.30. The van der Waals surface area contributed by atoms with Gasteiger partial charge in [-0.15, -0.1) is 24.0 Å². The molecule has 1 aromatic heterocycles. The van der Waals surface area contributed by atoms with E-state index in [1.54, 1.807) is 7.05 Å². The Morgan fingerprint density at radius 3 is 2.89 bits per heavy atom. The lowest BCUT2D eigenvalue weighted by atomic mass is 10.2. The van der Waals surface area contributed by atoms with E-state index in [-0.39, 0.29) is 30.1 Å². The van der Waals surface area contributed by atoms with E-state index in [0.717, 1.165) is 62.1 Å². The Morgan fingerprint density at radius 2 is 2.18 bits per heavy atom. The van der Waals surface area contributed by atoms with Crippen LogP contribution in [0.5, 0.6) is 0 Å². The first-order chi connectivity index (χ1) is 13.3. The van der Waals surface area contributed by atoms with Gasteiger partial charge in [0.25, 0.3) is 0 Å². The molecule has 8 heteroatoms. The van der Waals surface area contributed by atoms with Crippen molar-refractivity contribution in [1.82, 2.24) is 20.4 Å². The van der Waals surface area contributed by atoms with Crippen molar-refractivity contribution < 1.29 is 9.47 Å². The van der Waals surface area contributed by atoms with Crippen molar-refractivity contribution in [2.45, 2.75) is 32.4 Å². The fraction of sp³-hybridized carbons (Fsp3) is 0.500. The van der Waals surface area contributed by atoms with Gasteiger partial charge in [-0.3, -0.25) is 4.99 Å². The third-order valence-electron chi connectivity index (χ3n) is 4.49. The number of rotatable bonds is 8. The number of aromatic nitrogens is 2. The predicted molar refractivity (Wildman–Crippen MR) is 122 cm³/mol. The van der Waals surface area contributed by atoms with Crippen molar-refractivity contribution >= 4 is 29.9 Å². The number of nitrogens with one attached hydrogen (secondary N) is 2. The highest BCUT2D eigenvalue weighted by Crippen LogP contribution is 2.14. The van der Waals surface area contributed by atoms with Crippen molar-refractivity contribution in [3.63, 3.8) is 0 Å². The molecule has 2 N–H and O–H groups in total. The van der Waals surface area contributed by atoms with Gasteiger partial charge in [0, 0.05) is 39.5 Å². The van der Waals surface area contributed by atoms with Crippen molar-refractivity contribution in [2.75, 3.05) is 33.4 Å². The van der Waals surface area contributed by atoms with Gasteiger partial charge in [-0.25, -0.2) is 4.68 Å². The normalized spacial score (nSPS) is 16.6. The molecule has 2 aromatic rings. The van der Waals surface area contributed by atoms with Gasteiger partial charge >= 0.3 is 0 Å². The van der Waals surface area contributed by atoms with Crippen LogP contribution in [0.4, 0.5) is 0 Å². The molecular weight excluding hydrogens is 469 g/mol. The highest BCUT2D eigenvalue weighted by Gasteiger charge is 2.15. The molecule has 1 aromatic carbocycles. The summed E-state index contributed by atoms with van der Waals surface area (Å²) in [6.07, 6.45) is 4.19. The van der Waals surface area contributed by atoms with E-state index in [0.29, 0.717) is 6.54 Å². The molecule has 0 amide bonds. The van der Waals surface area contributed by atoms with Crippen molar-refractivity contribution in [3.05, 3.63) is 47.8 Å². The highest BCUT2D eigenvalue weighted by molar-refractivity contribution is 14.0. The summed E-state index contributed by atoms with van der Waals surface area (Å²) in [5.74, 6) is 0.783. The number of benzene rings is 1. The first-order valence-corrected chi connectivity index (χ1v) is 9.50. The smallest absolute Gasteiger partial charge is 0.191 e. The van der Waals surface area contributed by atoms with Crippen LogP contribution >= 0.6 is 24.0 Å². The molecule has 1 fully saturated rings. The van der Waals surface area contributed by atoms with Gasteiger partial charge in [0.15, 0.2) is 5.96 Å². The summed E-state index contributed by atoms with van der Waals surface area (Å²) in [5, 5.41) is 11.2. The number of aryl methyl sites for hydroxylation is 1. The minimum Gasteiger partial charge on any atom is -0.379 e. The lowest BCUT2D eigenvalue weighted by Crippen LogP contribution is -2.37. The summed E-state index contributed by atoms with van der Waals surface area (Å²) >= 11 is 0. The van der Waals surface area contributed by atoms with Crippen molar-refractivity contribution in [1.29, 1.82) is 0 Å². The van der Waals surface area contributed by atoms with Gasteiger partial charge in [0.2, 0.25) is 0 Å². The number of para-hydroxylation sites is 1. The molecule has 1 atom stereocenters. The number of guanidine groups is 1. The third kappa shape index (κ3) is 6.75. The van der Waals surface area contributed by atoms with E-state index >= 15 is 0 Å². The second-order valence-electron chi connectivity index (χ2n) is 6.59. The minimum atomic E-state index is 0.